The van der Waals surface area contributed by atoms with Crippen LogP contribution in [-0.4, -0.2) is 62.5 Å². The highest BCUT2D eigenvalue weighted by molar-refractivity contribution is 5.39. The van der Waals surface area contributed by atoms with Crippen LogP contribution in [0.2, 0.25) is 0 Å². The Labute approximate surface area is 114 Å². The largest absolute Gasteiger partial charge is 0.379 e. The molecule has 0 amide bonds. The van der Waals surface area contributed by atoms with E-state index in [4.69, 9.17) is 9.47 Å². The predicted octanol–water partition coefficient (Wildman–Crippen LogP) is 0.750. The van der Waals surface area contributed by atoms with Crippen molar-refractivity contribution in [1.29, 1.82) is 0 Å². The first kappa shape index (κ1) is 12.8. The number of rotatable bonds is 3. The molecule has 104 valence electrons. The molecule has 3 rings (SSSR count). The third-order valence-corrected chi connectivity index (χ3v) is 3.65. The third kappa shape index (κ3) is 3.43. The van der Waals surface area contributed by atoms with Crippen molar-refractivity contribution in [2.45, 2.75) is 6.54 Å². The van der Waals surface area contributed by atoms with Gasteiger partial charge in [-0.25, -0.2) is 4.98 Å². The van der Waals surface area contributed by atoms with Gasteiger partial charge < -0.3 is 14.4 Å². The maximum atomic E-state index is 5.36. The van der Waals surface area contributed by atoms with E-state index in [2.05, 4.69) is 26.9 Å². The van der Waals surface area contributed by atoms with Crippen LogP contribution < -0.4 is 4.90 Å². The van der Waals surface area contributed by atoms with Crippen LogP contribution in [0.5, 0.6) is 0 Å². The predicted molar refractivity (Wildman–Crippen MR) is 73.4 cm³/mol. The Morgan fingerprint density at radius 2 is 1.63 bits per heavy atom. The Kier molecular flexibility index (Phi) is 4.27. The summed E-state index contributed by atoms with van der Waals surface area (Å²) in [5, 5.41) is 0. The van der Waals surface area contributed by atoms with E-state index in [0.29, 0.717) is 0 Å². The number of hydrogen-bond acceptors (Lipinski definition) is 5. The van der Waals surface area contributed by atoms with Gasteiger partial charge in [-0.1, -0.05) is 6.07 Å². The number of nitrogens with zero attached hydrogens (tertiary/aromatic N) is 3. The molecule has 0 aromatic carbocycles. The Balaban J connectivity index is 1.58. The van der Waals surface area contributed by atoms with Gasteiger partial charge in [-0.15, -0.1) is 0 Å². The van der Waals surface area contributed by atoms with Crippen molar-refractivity contribution in [2.75, 3.05) is 57.5 Å². The fourth-order valence-electron chi connectivity index (χ4n) is 2.51. The van der Waals surface area contributed by atoms with E-state index in [1.165, 1.54) is 5.56 Å². The molecule has 19 heavy (non-hydrogen) atoms. The molecule has 2 aliphatic heterocycles. The lowest BCUT2D eigenvalue weighted by Crippen LogP contribution is -2.37. The summed E-state index contributed by atoms with van der Waals surface area (Å²) in [6.07, 6.45) is 2.00. The van der Waals surface area contributed by atoms with Gasteiger partial charge in [-0.05, 0) is 11.6 Å². The van der Waals surface area contributed by atoms with Crippen molar-refractivity contribution in [1.82, 2.24) is 9.88 Å². The molecule has 0 spiro atoms. The minimum atomic E-state index is 0.803. The second kappa shape index (κ2) is 6.32. The van der Waals surface area contributed by atoms with E-state index >= 15 is 0 Å². The zero-order valence-corrected chi connectivity index (χ0v) is 11.3. The molecule has 1 aromatic rings. The lowest BCUT2D eigenvalue weighted by Gasteiger charge is -2.28. The number of hydrogen-bond donors (Lipinski definition) is 0. The molecule has 0 unspecified atom stereocenters. The maximum absolute atomic E-state index is 5.36. The zero-order valence-electron chi connectivity index (χ0n) is 11.3. The second-order valence-corrected chi connectivity index (χ2v) is 5.01. The van der Waals surface area contributed by atoms with E-state index in [9.17, 15) is 0 Å². The smallest absolute Gasteiger partial charge is 0.128 e. The Morgan fingerprint density at radius 3 is 2.26 bits per heavy atom. The number of aromatic nitrogens is 1. The summed E-state index contributed by atoms with van der Waals surface area (Å²) < 4.78 is 10.7. The molecule has 0 saturated carbocycles. The molecule has 2 aliphatic rings. The van der Waals surface area contributed by atoms with Gasteiger partial charge in [-0.3, -0.25) is 4.90 Å². The Hall–Kier alpha value is -1.17. The maximum Gasteiger partial charge on any atom is 0.128 e. The van der Waals surface area contributed by atoms with Crippen LogP contribution in [0.25, 0.3) is 0 Å². The van der Waals surface area contributed by atoms with Crippen molar-refractivity contribution >= 4 is 5.82 Å². The summed E-state index contributed by atoms with van der Waals surface area (Å²) in [6, 6.07) is 4.31. The van der Waals surface area contributed by atoms with Crippen molar-refractivity contribution in [2.24, 2.45) is 0 Å². The molecule has 0 radical (unpaired) electrons. The normalized spacial score (nSPS) is 21.6. The molecular weight excluding hydrogens is 242 g/mol. The lowest BCUT2D eigenvalue weighted by atomic mass is 10.2. The van der Waals surface area contributed by atoms with Gasteiger partial charge in [0.25, 0.3) is 0 Å². The SMILES string of the molecule is c1cc(N2CCOCC2)ncc1CN1CCOCC1. The number of pyridine rings is 1. The lowest BCUT2D eigenvalue weighted by molar-refractivity contribution is 0.0341. The van der Waals surface area contributed by atoms with Gasteiger partial charge in [0.1, 0.15) is 5.82 Å². The topological polar surface area (TPSA) is 37.8 Å². The van der Waals surface area contributed by atoms with Crippen LogP contribution in [0, 0.1) is 0 Å². The highest BCUT2D eigenvalue weighted by atomic mass is 16.5. The zero-order chi connectivity index (χ0) is 12.9. The summed E-state index contributed by atoms with van der Waals surface area (Å²) in [5.74, 6) is 1.06. The van der Waals surface area contributed by atoms with Crippen molar-refractivity contribution in [3.05, 3.63) is 23.9 Å². The van der Waals surface area contributed by atoms with Crippen LogP contribution in [0.15, 0.2) is 18.3 Å². The van der Waals surface area contributed by atoms with Crippen LogP contribution >= 0.6 is 0 Å². The van der Waals surface area contributed by atoms with Crippen LogP contribution in [0.3, 0.4) is 0 Å². The first-order valence-corrected chi connectivity index (χ1v) is 6.99. The summed E-state index contributed by atoms with van der Waals surface area (Å²) in [6.45, 7) is 8.19. The van der Waals surface area contributed by atoms with Crippen LogP contribution in [0.1, 0.15) is 5.56 Å². The molecule has 3 heterocycles. The minimum Gasteiger partial charge on any atom is -0.379 e. The molecule has 0 atom stereocenters. The molecule has 5 nitrogen and oxygen atoms in total. The molecule has 5 heteroatoms. The summed E-state index contributed by atoms with van der Waals surface area (Å²) in [5.41, 5.74) is 1.28. The summed E-state index contributed by atoms with van der Waals surface area (Å²) in [4.78, 5) is 9.27. The highest BCUT2D eigenvalue weighted by Gasteiger charge is 2.13. The van der Waals surface area contributed by atoms with Crippen molar-refractivity contribution in [3.8, 4) is 0 Å². The van der Waals surface area contributed by atoms with Gasteiger partial charge in [0.05, 0.1) is 26.4 Å². The molecule has 0 N–H and O–H groups in total. The molecule has 0 aliphatic carbocycles. The molecule has 2 fully saturated rings. The first-order valence-electron chi connectivity index (χ1n) is 6.99. The van der Waals surface area contributed by atoms with E-state index in [1.807, 2.05) is 6.20 Å². The van der Waals surface area contributed by atoms with Gasteiger partial charge in [0, 0.05) is 38.9 Å². The van der Waals surface area contributed by atoms with Crippen LogP contribution in [-0.2, 0) is 16.0 Å². The van der Waals surface area contributed by atoms with Gasteiger partial charge >= 0.3 is 0 Å². The average Bonchev–Trinajstić information content (AvgIpc) is 2.50. The Bertz CT molecular complexity index is 384. The fraction of sp³-hybridized carbons (Fsp3) is 0.643. The number of morpholine rings is 2. The average molecular weight is 263 g/mol. The summed E-state index contributed by atoms with van der Waals surface area (Å²) in [7, 11) is 0. The standard InChI is InChI=1S/C14H21N3O2/c1-2-14(17-5-9-19-10-6-17)15-11-13(1)12-16-3-7-18-8-4-16/h1-2,11H,3-10,12H2. The van der Waals surface area contributed by atoms with Crippen molar-refractivity contribution < 1.29 is 9.47 Å². The quantitative estimate of drug-likeness (QED) is 0.804. The molecule has 1 aromatic heterocycles. The van der Waals surface area contributed by atoms with E-state index < -0.39 is 0 Å². The van der Waals surface area contributed by atoms with E-state index in [1.54, 1.807) is 0 Å². The van der Waals surface area contributed by atoms with Gasteiger partial charge in [-0.2, -0.15) is 0 Å². The molecular formula is C14H21N3O2. The Morgan fingerprint density at radius 1 is 0.947 bits per heavy atom. The number of ether oxygens (including phenoxy) is 2. The van der Waals surface area contributed by atoms with E-state index in [0.717, 1.165) is 65.0 Å². The first-order chi connectivity index (χ1) is 9.42. The third-order valence-electron chi connectivity index (χ3n) is 3.65. The second-order valence-electron chi connectivity index (χ2n) is 5.01. The monoisotopic (exact) mass is 263 g/mol. The summed E-state index contributed by atoms with van der Waals surface area (Å²) >= 11 is 0. The van der Waals surface area contributed by atoms with Crippen LogP contribution in [0.4, 0.5) is 5.82 Å². The fourth-order valence-corrected chi connectivity index (χ4v) is 2.51. The van der Waals surface area contributed by atoms with Gasteiger partial charge in [0.15, 0.2) is 0 Å². The van der Waals surface area contributed by atoms with E-state index in [-0.39, 0.29) is 0 Å². The molecule has 2 saturated heterocycles. The molecule has 0 bridgehead atoms. The highest BCUT2D eigenvalue weighted by Crippen LogP contribution is 2.14. The minimum absolute atomic E-state index is 0.803. The van der Waals surface area contributed by atoms with Gasteiger partial charge in [0.2, 0.25) is 0 Å². The van der Waals surface area contributed by atoms with Crippen molar-refractivity contribution in [3.63, 3.8) is 0 Å². The number of anilines is 1.